The van der Waals surface area contributed by atoms with Crippen molar-refractivity contribution in [3.63, 3.8) is 0 Å². The van der Waals surface area contributed by atoms with Crippen LogP contribution in [0.3, 0.4) is 0 Å². The van der Waals surface area contributed by atoms with Crippen molar-refractivity contribution in [3.8, 4) is 0 Å². The van der Waals surface area contributed by atoms with Crippen molar-refractivity contribution in [3.05, 3.63) is 12.0 Å². The highest BCUT2D eigenvalue weighted by Crippen LogP contribution is 2.13. The molecule has 1 aromatic heterocycles. The summed E-state index contributed by atoms with van der Waals surface area (Å²) in [6, 6.07) is 0. The second kappa shape index (κ2) is 7.43. The van der Waals surface area contributed by atoms with Gasteiger partial charge in [-0.25, -0.2) is 18.1 Å². The van der Waals surface area contributed by atoms with Crippen LogP contribution in [-0.2, 0) is 16.6 Å². The van der Waals surface area contributed by atoms with Crippen molar-refractivity contribution in [2.45, 2.75) is 57.5 Å². The summed E-state index contributed by atoms with van der Waals surface area (Å²) in [5.74, 6) is 1.14. The van der Waals surface area contributed by atoms with Gasteiger partial charge in [-0.3, -0.25) is 0 Å². The molecule has 7 heteroatoms. The molecule has 0 spiro atoms. The van der Waals surface area contributed by atoms with Crippen LogP contribution >= 0.6 is 11.6 Å². The number of hydrogen-bond acceptors (Lipinski definition) is 3. The maximum absolute atomic E-state index is 12.1. The molecule has 0 aliphatic rings. The Morgan fingerprint density at radius 2 is 2.10 bits per heavy atom. The zero-order valence-corrected chi connectivity index (χ0v) is 14.1. The van der Waals surface area contributed by atoms with Crippen molar-refractivity contribution >= 4 is 21.6 Å². The Balaban J connectivity index is 2.71. The highest BCUT2D eigenvalue weighted by molar-refractivity contribution is 7.89. The molecule has 1 rings (SSSR count). The Morgan fingerprint density at radius 1 is 1.45 bits per heavy atom. The van der Waals surface area contributed by atoms with Gasteiger partial charge >= 0.3 is 0 Å². The number of sulfonamides is 1. The molecule has 1 heterocycles. The van der Waals surface area contributed by atoms with Crippen molar-refractivity contribution in [2.75, 3.05) is 6.54 Å². The number of aromatic nitrogens is 2. The molecule has 20 heavy (non-hydrogen) atoms. The van der Waals surface area contributed by atoms with E-state index in [0.717, 1.165) is 19.4 Å². The summed E-state index contributed by atoms with van der Waals surface area (Å²) in [4.78, 5) is 4.11. The van der Waals surface area contributed by atoms with Gasteiger partial charge < -0.3 is 4.57 Å². The van der Waals surface area contributed by atoms with Gasteiger partial charge in [-0.1, -0.05) is 20.8 Å². The van der Waals surface area contributed by atoms with E-state index in [1.165, 1.54) is 0 Å². The van der Waals surface area contributed by atoms with E-state index < -0.39 is 10.0 Å². The minimum atomic E-state index is -3.58. The lowest BCUT2D eigenvalue weighted by atomic mass is 10.1. The first-order valence-electron chi connectivity index (χ1n) is 6.93. The quantitative estimate of drug-likeness (QED) is 0.748. The molecule has 0 saturated carbocycles. The van der Waals surface area contributed by atoms with Crippen molar-refractivity contribution in [1.82, 2.24) is 14.3 Å². The molecule has 0 fully saturated rings. The van der Waals surface area contributed by atoms with Gasteiger partial charge in [0.05, 0.1) is 0 Å². The third-order valence-electron chi connectivity index (χ3n) is 2.92. The molecule has 0 aromatic carbocycles. The van der Waals surface area contributed by atoms with Gasteiger partial charge in [0, 0.05) is 24.7 Å². The number of aryl methyl sites for hydroxylation is 2. The van der Waals surface area contributed by atoms with Crippen molar-refractivity contribution < 1.29 is 8.42 Å². The fourth-order valence-electron chi connectivity index (χ4n) is 1.94. The molecule has 116 valence electrons. The Hall–Kier alpha value is -0.590. The molecule has 1 atom stereocenters. The molecule has 0 amide bonds. The zero-order chi connectivity index (χ0) is 15.3. The van der Waals surface area contributed by atoms with Crippen LogP contribution in [0.4, 0.5) is 0 Å². The van der Waals surface area contributed by atoms with Crippen LogP contribution in [0.2, 0.25) is 0 Å². The van der Waals surface area contributed by atoms with E-state index in [0.29, 0.717) is 11.7 Å². The fourth-order valence-corrected chi connectivity index (χ4v) is 3.56. The first-order chi connectivity index (χ1) is 9.26. The summed E-state index contributed by atoms with van der Waals surface area (Å²) in [6.45, 7) is 8.94. The standard InChI is InChI=1S/C13H24ClN3O2S/c1-5-6-17-9-13(16-11(17)4)20(18,19)15-8-12(14)7-10(2)3/h9-10,12,15H,5-8H2,1-4H3. The van der Waals surface area contributed by atoms with Gasteiger partial charge in [-0.2, -0.15) is 0 Å². The van der Waals surface area contributed by atoms with Crippen LogP contribution in [0.1, 0.15) is 39.4 Å². The van der Waals surface area contributed by atoms with Crippen molar-refractivity contribution in [2.24, 2.45) is 5.92 Å². The van der Waals surface area contributed by atoms with Crippen LogP contribution < -0.4 is 4.72 Å². The number of rotatable bonds is 8. The Morgan fingerprint density at radius 3 is 2.65 bits per heavy atom. The fraction of sp³-hybridized carbons (Fsp3) is 0.769. The summed E-state index contributed by atoms with van der Waals surface area (Å²) in [7, 11) is -3.58. The predicted molar refractivity (Wildman–Crippen MR) is 81.5 cm³/mol. The number of imidazole rings is 1. The second-order valence-electron chi connectivity index (χ2n) is 5.40. The molecule has 1 N–H and O–H groups in total. The SMILES string of the molecule is CCCn1cc(S(=O)(=O)NCC(Cl)CC(C)C)nc1C. The average molecular weight is 322 g/mol. The summed E-state index contributed by atoms with van der Waals surface area (Å²) in [5.41, 5.74) is 0. The lowest BCUT2D eigenvalue weighted by molar-refractivity contribution is 0.543. The summed E-state index contributed by atoms with van der Waals surface area (Å²) < 4.78 is 28.7. The summed E-state index contributed by atoms with van der Waals surface area (Å²) in [6.07, 6.45) is 3.28. The molecule has 0 aliphatic carbocycles. The molecule has 1 aromatic rings. The van der Waals surface area contributed by atoms with Gasteiger partial charge in [0.2, 0.25) is 0 Å². The Labute approximate surface area is 126 Å². The van der Waals surface area contributed by atoms with E-state index in [4.69, 9.17) is 11.6 Å². The predicted octanol–water partition coefficient (Wildman–Crippen LogP) is 2.53. The number of nitrogens with zero attached hydrogens (tertiary/aromatic N) is 2. The molecule has 0 bridgehead atoms. The monoisotopic (exact) mass is 321 g/mol. The second-order valence-corrected chi connectivity index (χ2v) is 7.73. The minimum absolute atomic E-state index is 0.0665. The van der Waals surface area contributed by atoms with E-state index in [9.17, 15) is 8.42 Å². The van der Waals surface area contributed by atoms with Gasteiger partial charge in [0.25, 0.3) is 10.0 Å². The normalized spacial score (nSPS) is 13.9. The van der Waals surface area contributed by atoms with E-state index in [-0.39, 0.29) is 16.9 Å². The number of alkyl halides is 1. The summed E-state index contributed by atoms with van der Waals surface area (Å²) >= 11 is 6.10. The van der Waals surface area contributed by atoms with Crippen LogP contribution in [0.5, 0.6) is 0 Å². The maximum Gasteiger partial charge on any atom is 0.259 e. The molecule has 0 saturated heterocycles. The smallest absolute Gasteiger partial charge is 0.259 e. The van der Waals surface area contributed by atoms with Gasteiger partial charge in [0.15, 0.2) is 5.03 Å². The lowest BCUT2D eigenvalue weighted by Crippen LogP contribution is -2.30. The Bertz CT molecular complexity index is 526. The molecule has 1 unspecified atom stereocenters. The first-order valence-corrected chi connectivity index (χ1v) is 8.85. The molecular weight excluding hydrogens is 298 g/mol. The maximum atomic E-state index is 12.1. The third kappa shape index (κ3) is 5.07. The van der Waals surface area contributed by atoms with Gasteiger partial charge in [-0.05, 0) is 25.7 Å². The van der Waals surface area contributed by atoms with E-state index in [1.54, 1.807) is 13.1 Å². The van der Waals surface area contributed by atoms with Crippen LogP contribution in [-0.4, -0.2) is 29.9 Å². The number of hydrogen-bond donors (Lipinski definition) is 1. The van der Waals surface area contributed by atoms with Gasteiger partial charge in [-0.15, -0.1) is 11.6 Å². The van der Waals surface area contributed by atoms with E-state index in [1.807, 2.05) is 11.5 Å². The van der Waals surface area contributed by atoms with Crippen LogP contribution in [0.15, 0.2) is 11.2 Å². The lowest BCUT2D eigenvalue weighted by Gasteiger charge is -2.12. The van der Waals surface area contributed by atoms with E-state index >= 15 is 0 Å². The zero-order valence-electron chi connectivity index (χ0n) is 12.6. The van der Waals surface area contributed by atoms with Crippen molar-refractivity contribution in [1.29, 1.82) is 0 Å². The molecule has 0 aliphatic heterocycles. The van der Waals surface area contributed by atoms with Crippen LogP contribution in [0, 0.1) is 12.8 Å². The Kier molecular flexibility index (Phi) is 6.48. The molecular formula is C13H24ClN3O2S. The molecule has 5 nitrogen and oxygen atoms in total. The van der Waals surface area contributed by atoms with E-state index in [2.05, 4.69) is 23.6 Å². The highest BCUT2D eigenvalue weighted by Gasteiger charge is 2.20. The largest absolute Gasteiger partial charge is 0.334 e. The number of halogens is 1. The topological polar surface area (TPSA) is 64.0 Å². The van der Waals surface area contributed by atoms with Gasteiger partial charge in [0.1, 0.15) is 5.82 Å². The first kappa shape index (κ1) is 17.5. The third-order valence-corrected chi connectivity index (χ3v) is 4.54. The number of nitrogens with one attached hydrogen (secondary N) is 1. The summed E-state index contributed by atoms with van der Waals surface area (Å²) in [5, 5.41) is -0.138. The minimum Gasteiger partial charge on any atom is -0.334 e. The van der Waals surface area contributed by atoms with Crippen LogP contribution in [0.25, 0.3) is 0 Å². The average Bonchev–Trinajstić information content (AvgIpc) is 2.69. The molecule has 0 radical (unpaired) electrons. The highest BCUT2D eigenvalue weighted by atomic mass is 35.5.